The first-order chi connectivity index (χ1) is 9.70. The molecule has 1 aromatic carbocycles. The molecule has 1 aromatic rings. The Balaban J connectivity index is 1.81. The van der Waals surface area contributed by atoms with Gasteiger partial charge in [0.05, 0.1) is 6.61 Å². The first-order valence-electron chi connectivity index (χ1n) is 6.91. The Morgan fingerprint density at radius 3 is 2.70 bits per heavy atom. The molecule has 0 spiro atoms. The molecule has 5 heteroatoms. The van der Waals surface area contributed by atoms with Crippen LogP contribution in [0.5, 0.6) is 5.75 Å². The van der Waals surface area contributed by atoms with E-state index in [0.717, 1.165) is 31.8 Å². The molecule has 2 rings (SSSR count). The van der Waals surface area contributed by atoms with Crippen LogP contribution in [0.15, 0.2) is 24.3 Å². The van der Waals surface area contributed by atoms with Gasteiger partial charge < -0.3 is 19.7 Å². The predicted octanol–water partition coefficient (Wildman–Crippen LogP) is 1.03. The van der Waals surface area contributed by atoms with Gasteiger partial charge in [0.25, 0.3) is 5.91 Å². The van der Waals surface area contributed by atoms with E-state index >= 15 is 0 Å². The highest BCUT2D eigenvalue weighted by atomic mass is 16.5. The number of nitrogens with zero attached hydrogens (tertiary/aromatic N) is 1. The second kappa shape index (κ2) is 7.26. The van der Waals surface area contributed by atoms with Gasteiger partial charge in [0.2, 0.25) is 0 Å². The van der Waals surface area contributed by atoms with Crippen LogP contribution in [0.2, 0.25) is 0 Å². The third-order valence-electron chi connectivity index (χ3n) is 3.39. The molecular weight excluding hydrogens is 256 g/mol. The van der Waals surface area contributed by atoms with E-state index in [1.54, 1.807) is 19.1 Å². The summed E-state index contributed by atoms with van der Waals surface area (Å²) < 4.78 is 10.7. The van der Waals surface area contributed by atoms with Crippen LogP contribution in [0, 0.1) is 0 Å². The quantitative estimate of drug-likeness (QED) is 0.757. The van der Waals surface area contributed by atoms with Crippen molar-refractivity contribution >= 4 is 5.91 Å². The maximum Gasteiger partial charge on any atom is 0.263 e. The molecule has 5 nitrogen and oxygen atoms in total. The Kier molecular flexibility index (Phi) is 5.38. The molecular formula is C15H22N2O3. The largest absolute Gasteiger partial charge is 0.481 e. The Hall–Kier alpha value is -1.59. The fourth-order valence-electron chi connectivity index (χ4n) is 2.16. The third-order valence-corrected chi connectivity index (χ3v) is 3.39. The van der Waals surface area contributed by atoms with Crippen LogP contribution in [0.1, 0.15) is 12.0 Å². The smallest absolute Gasteiger partial charge is 0.263 e. The number of carbonyl (C=O) groups is 1. The predicted molar refractivity (Wildman–Crippen MR) is 76.7 cm³/mol. The van der Waals surface area contributed by atoms with Crippen LogP contribution in [0.25, 0.3) is 0 Å². The van der Waals surface area contributed by atoms with Crippen LogP contribution in [0.3, 0.4) is 0 Å². The molecule has 1 saturated heterocycles. The minimum atomic E-state index is -0.328. The number of carbonyl (C=O) groups excluding carboxylic acids is 1. The van der Waals surface area contributed by atoms with Gasteiger partial charge >= 0.3 is 0 Å². The van der Waals surface area contributed by atoms with E-state index in [0.29, 0.717) is 6.61 Å². The van der Waals surface area contributed by atoms with Crippen LogP contribution >= 0.6 is 0 Å². The summed E-state index contributed by atoms with van der Waals surface area (Å²) in [6.07, 6.45) is 0.432. The molecule has 1 aliphatic rings. The summed E-state index contributed by atoms with van der Waals surface area (Å²) >= 11 is 0. The molecule has 1 unspecified atom stereocenters. The number of likely N-dealkylation sites (N-methyl/N-ethyl adjacent to an activating group) is 1. The van der Waals surface area contributed by atoms with E-state index in [2.05, 4.69) is 5.32 Å². The topological polar surface area (TPSA) is 50.8 Å². The standard InChI is InChI=1S/C15H22N2O3/c1-17-9-7-14(15(17)18)20-13-5-3-12(4-6-13)11-16-8-10-19-2/h3-6,14,16H,7-11H2,1-2H3. The fourth-order valence-corrected chi connectivity index (χ4v) is 2.16. The van der Waals surface area contributed by atoms with Crippen LogP contribution in [-0.2, 0) is 16.1 Å². The van der Waals surface area contributed by atoms with Crippen molar-refractivity contribution in [2.45, 2.75) is 19.1 Å². The molecule has 0 aromatic heterocycles. The third kappa shape index (κ3) is 3.95. The Morgan fingerprint density at radius 2 is 2.10 bits per heavy atom. The summed E-state index contributed by atoms with van der Waals surface area (Å²) in [5.74, 6) is 0.814. The monoisotopic (exact) mass is 278 g/mol. The molecule has 1 fully saturated rings. The van der Waals surface area contributed by atoms with Crippen molar-refractivity contribution in [2.24, 2.45) is 0 Å². The Bertz CT molecular complexity index is 433. The number of nitrogens with one attached hydrogen (secondary N) is 1. The maximum absolute atomic E-state index is 11.8. The average Bonchev–Trinajstić information content (AvgIpc) is 2.77. The van der Waals surface area contributed by atoms with Gasteiger partial charge in [0.1, 0.15) is 5.75 Å². The lowest BCUT2D eigenvalue weighted by molar-refractivity contribution is -0.132. The highest BCUT2D eigenvalue weighted by Gasteiger charge is 2.30. The van der Waals surface area contributed by atoms with Crippen LogP contribution in [-0.4, -0.2) is 50.8 Å². The van der Waals surface area contributed by atoms with Gasteiger partial charge in [-0.2, -0.15) is 0 Å². The SMILES string of the molecule is COCCNCc1ccc(OC2CCN(C)C2=O)cc1. The van der Waals surface area contributed by atoms with Crippen LogP contribution in [0.4, 0.5) is 0 Å². The van der Waals surface area contributed by atoms with Gasteiger partial charge in [0, 0.05) is 40.2 Å². The summed E-state index contributed by atoms with van der Waals surface area (Å²) in [5.41, 5.74) is 1.18. The van der Waals surface area contributed by atoms with E-state index < -0.39 is 0 Å². The van der Waals surface area contributed by atoms with Gasteiger partial charge in [-0.1, -0.05) is 12.1 Å². The van der Waals surface area contributed by atoms with Gasteiger partial charge in [-0.25, -0.2) is 0 Å². The number of hydrogen-bond donors (Lipinski definition) is 1. The van der Waals surface area contributed by atoms with Gasteiger partial charge in [-0.3, -0.25) is 4.79 Å². The molecule has 1 heterocycles. The summed E-state index contributed by atoms with van der Waals surface area (Å²) in [7, 11) is 3.50. The number of hydrogen-bond acceptors (Lipinski definition) is 4. The molecule has 1 atom stereocenters. The lowest BCUT2D eigenvalue weighted by Crippen LogP contribution is -2.29. The van der Waals surface area contributed by atoms with Crippen molar-refractivity contribution in [1.82, 2.24) is 10.2 Å². The Labute approximate surface area is 119 Å². The molecule has 20 heavy (non-hydrogen) atoms. The minimum absolute atomic E-state index is 0.0651. The van der Waals surface area contributed by atoms with Crippen molar-refractivity contribution < 1.29 is 14.3 Å². The zero-order valence-corrected chi connectivity index (χ0v) is 12.1. The Morgan fingerprint density at radius 1 is 1.35 bits per heavy atom. The zero-order valence-electron chi connectivity index (χ0n) is 12.1. The van der Waals surface area contributed by atoms with E-state index in [1.165, 1.54) is 5.56 Å². The molecule has 0 bridgehead atoms. The second-order valence-electron chi connectivity index (χ2n) is 4.97. The van der Waals surface area contributed by atoms with Crippen molar-refractivity contribution in [3.05, 3.63) is 29.8 Å². The maximum atomic E-state index is 11.8. The molecule has 110 valence electrons. The number of rotatable bonds is 7. The molecule has 1 aliphatic heterocycles. The summed E-state index contributed by atoms with van der Waals surface area (Å²) in [4.78, 5) is 13.5. The number of ether oxygens (including phenoxy) is 2. The molecule has 0 saturated carbocycles. The number of likely N-dealkylation sites (tertiary alicyclic amines) is 1. The summed E-state index contributed by atoms with van der Waals surface area (Å²) in [5, 5.41) is 3.28. The van der Waals surface area contributed by atoms with Crippen molar-refractivity contribution in [3.63, 3.8) is 0 Å². The first kappa shape index (κ1) is 14.8. The van der Waals surface area contributed by atoms with Gasteiger partial charge in [-0.05, 0) is 17.7 Å². The lowest BCUT2D eigenvalue weighted by atomic mass is 10.2. The molecule has 0 aliphatic carbocycles. The number of amides is 1. The molecule has 1 N–H and O–H groups in total. The lowest BCUT2D eigenvalue weighted by Gasteiger charge is -2.13. The van der Waals surface area contributed by atoms with E-state index in [1.807, 2.05) is 24.3 Å². The van der Waals surface area contributed by atoms with Crippen molar-refractivity contribution in [1.29, 1.82) is 0 Å². The zero-order chi connectivity index (χ0) is 14.4. The highest BCUT2D eigenvalue weighted by molar-refractivity contribution is 5.83. The fraction of sp³-hybridized carbons (Fsp3) is 0.533. The second-order valence-corrected chi connectivity index (χ2v) is 4.97. The molecule has 1 amide bonds. The summed E-state index contributed by atoms with van der Waals surface area (Å²) in [6, 6.07) is 7.86. The van der Waals surface area contributed by atoms with Crippen LogP contribution < -0.4 is 10.1 Å². The van der Waals surface area contributed by atoms with Crippen molar-refractivity contribution in [2.75, 3.05) is 33.9 Å². The molecule has 0 radical (unpaired) electrons. The van der Waals surface area contributed by atoms with Gasteiger partial charge in [-0.15, -0.1) is 0 Å². The summed E-state index contributed by atoms with van der Waals surface area (Å²) in [6.45, 7) is 3.11. The van der Waals surface area contributed by atoms with Crippen molar-refractivity contribution in [3.8, 4) is 5.75 Å². The van der Waals surface area contributed by atoms with E-state index in [4.69, 9.17) is 9.47 Å². The normalized spacial score (nSPS) is 18.6. The average molecular weight is 278 g/mol. The number of benzene rings is 1. The minimum Gasteiger partial charge on any atom is -0.481 e. The van der Waals surface area contributed by atoms with E-state index in [-0.39, 0.29) is 12.0 Å². The first-order valence-corrected chi connectivity index (χ1v) is 6.91. The van der Waals surface area contributed by atoms with E-state index in [9.17, 15) is 4.79 Å². The number of methoxy groups -OCH3 is 1. The highest BCUT2D eigenvalue weighted by Crippen LogP contribution is 2.19. The van der Waals surface area contributed by atoms with Gasteiger partial charge in [0.15, 0.2) is 6.10 Å².